The van der Waals surface area contributed by atoms with E-state index in [9.17, 15) is 0 Å². The maximum Gasteiger partial charge on any atom is 0.202 e. The third-order valence-electron chi connectivity index (χ3n) is 7.88. The fourth-order valence-corrected chi connectivity index (χ4v) is 8.97. The molecule has 2 fully saturated rings. The molecule has 3 aromatic carbocycles. The molecule has 0 heterocycles. The fraction of sp³-hybridized carbons (Fsp3) is 0.469. The Morgan fingerprint density at radius 1 is 0.806 bits per heavy atom. The van der Waals surface area contributed by atoms with E-state index in [2.05, 4.69) is 91.0 Å². The SMILES string of the molecule is CN(C)Cc1cccc2cccc([Si](C(=NC3CCCCC3)NC3CCCCC3)c3ccccc3)c12. The standard InChI is InChI=1S/C32H42N3Si/c1-35(2)24-26-16-12-14-25-15-13-23-30(31(25)26)36(29-21-10-5-11-22-29)32(33-27-17-6-3-7-18-27)34-28-19-8-4-9-20-28/h5,10-16,21-23,27-28H,3-4,6-9,17-20,24H2,1-2H3,(H,33,34). The first-order valence-electron chi connectivity index (χ1n) is 14.1. The van der Waals surface area contributed by atoms with Gasteiger partial charge in [-0.05, 0) is 66.5 Å². The quantitative estimate of drug-likeness (QED) is 0.258. The first kappa shape index (κ1) is 25.2. The van der Waals surface area contributed by atoms with Crippen LogP contribution in [-0.2, 0) is 6.54 Å². The largest absolute Gasteiger partial charge is 0.375 e. The van der Waals surface area contributed by atoms with Crippen LogP contribution in [0.4, 0.5) is 0 Å². The number of hydrogen-bond acceptors (Lipinski definition) is 2. The summed E-state index contributed by atoms with van der Waals surface area (Å²) in [5.41, 5.74) is 2.72. The van der Waals surface area contributed by atoms with E-state index >= 15 is 0 Å². The molecule has 3 nitrogen and oxygen atoms in total. The molecule has 5 rings (SSSR count). The smallest absolute Gasteiger partial charge is 0.202 e. The highest BCUT2D eigenvalue weighted by Crippen LogP contribution is 2.23. The average molecular weight is 497 g/mol. The Bertz CT molecular complexity index is 1140. The monoisotopic (exact) mass is 496 g/mol. The van der Waals surface area contributed by atoms with Gasteiger partial charge in [0.2, 0.25) is 8.80 Å². The number of nitrogens with zero attached hydrogens (tertiary/aromatic N) is 2. The van der Waals surface area contributed by atoms with Crippen molar-refractivity contribution < 1.29 is 0 Å². The zero-order valence-electron chi connectivity index (χ0n) is 22.2. The van der Waals surface area contributed by atoms with Crippen molar-refractivity contribution in [2.24, 2.45) is 4.99 Å². The molecule has 2 aliphatic rings. The molecule has 2 saturated carbocycles. The second kappa shape index (κ2) is 12.2. The summed E-state index contributed by atoms with van der Waals surface area (Å²) in [5.74, 6) is 0. The molecular formula is C32H42N3Si. The maximum absolute atomic E-state index is 5.62. The van der Waals surface area contributed by atoms with Crippen LogP contribution in [0.25, 0.3) is 10.8 Å². The third kappa shape index (κ3) is 6.09. The molecule has 0 spiro atoms. The lowest BCUT2D eigenvalue weighted by molar-refractivity contribution is 0.404. The van der Waals surface area contributed by atoms with Gasteiger partial charge in [0.1, 0.15) is 0 Å². The lowest BCUT2D eigenvalue weighted by Gasteiger charge is -2.30. The highest BCUT2D eigenvalue weighted by molar-refractivity contribution is 7.09. The zero-order chi connectivity index (χ0) is 24.7. The van der Waals surface area contributed by atoms with Gasteiger partial charge in [-0.2, -0.15) is 0 Å². The van der Waals surface area contributed by atoms with Gasteiger partial charge in [0.25, 0.3) is 0 Å². The molecule has 0 atom stereocenters. The highest BCUT2D eigenvalue weighted by Gasteiger charge is 2.30. The molecule has 1 radical (unpaired) electrons. The molecular weight excluding hydrogens is 454 g/mol. The lowest BCUT2D eigenvalue weighted by Crippen LogP contribution is -2.57. The van der Waals surface area contributed by atoms with Crippen LogP contribution in [0.2, 0.25) is 0 Å². The molecule has 3 aromatic rings. The number of fused-ring (bicyclic) bond motifs is 1. The minimum Gasteiger partial charge on any atom is -0.375 e. The van der Waals surface area contributed by atoms with Crippen LogP contribution in [0.1, 0.15) is 69.8 Å². The van der Waals surface area contributed by atoms with E-state index in [0.717, 1.165) is 6.54 Å². The van der Waals surface area contributed by atoms with E-state index in [1.807, 2.05) is 0 Å². The number of rotatable bonds is 7. The Kier molecular flexibility index (Phi) is 8.55. The van der Waals surface area contributed by atoms with Gasteiger partial charge in [-0.15, -0.1) is 0 Å². The molecule has 4 heteroatoms. The summed E-state index contributed by atoms with van der Waals surface area (Å²) < 4.78 is 0. The molecule has 36 heavy (non-hydrogen) atoms. The first-order valence-corrected chi connectivity index (χ1v) is 15.6. The van der Waals surface area contributed by atoms with Crippen molar-refractivity contribution in [3.63, 3.8) is 0 Å². The minimum atomic E-state index is -1.30. The number of aliphatic imine (C=N–C) groups is 1. The fourth-order valence-electron chi connectivity index (χ4n) is 6.13. The molecule has 189 valence electrons. The van der Waals surface area contributed by atoms with Gasteiger partial charge >= 0.3 is 0 Å². The normalized spacial score (nSPS) is 18.3. The third-order valence-corrected chi connectivity index (χ3v) is 10.5. The Morgan fingerprint density at radius 3 is 2.17 bits per heavy atom. The second-order valence-electron chi connectivity index (χ2n) is 11.0. The van der Waals surface area contributed by atoms with Crippen LogP contribution in [0, 0.1) is 0 Å². The summed E-state index contributed by atoms with van der Waals surface area (Å²) in [6, 6.07) is 26.1. The van der Waals surface area contributed by atoms with E-state index in [1.165, 1.54) is 96.4 Å². The summed E-state index contributed by atoms with van der Waals surface area (Å²) in [6.07, 6.45) is 13.1. The van der Waals surface area contributed by atoms with E-state index in [-0.39, 0.29) is 0 Å². The number of nitrogens with one attached hydrogen (secondary N) is 1. The molecule has 0 unspecified atom stereocenters. The van der Waals surface area contributed by atoms with Gasteiger partial charge in [0.15, 0.2) is 0 Å². The van der Waals surface area contributed by atoms with Gasteiger partial charge in [0, 0.05) is 12.6 Å². The first-order chi connectivity index (χ1) is 17.7. The van der Waals surface area contributed by atoms with Gasteiger partial charge < -0.3 is 10.2 Å². The maximum atomic E-state index is 5.62. The van der Waals surface area contributed by atoms with Gasteiger partial charge in [-0.3, -0.25) is 4.99 Å². The number of hydrogen-bond donors (Lipinski definition) is 1. The molecule has 0 aliphatic heterocycles. The van der Waals surface area contributed by atoms with Gasteiger partial charge in [0.05, 0.1) is 11.5 Å². The van der Waals surface area contributed by atoms with Crippen molar-refractivity contribution >= 4 is 35.4 Å². The van der Waals surface area contributed by atoms with E-state index < -0.39 is 8.80 Å². The summed E-state index contributed by atoms with van der Waals surface area (Å²) in [5, 5.41) is 9.82. The Hall–Kier alpha value is -2.43. The molecule has 0 saturated heterocycles. The molecule has 1 N–H and O–H groups in total. The highest BCUT2D eigenvalue weighted by atomic mass is 28.3. The Labute approximate surface area is 219 Å². The summed E-state index contributed by atoms with van der Waals surface area (Å²) >= 11 is 0. The topological polar surface area (TPSA) is 27.6 Å². The van der Waals surface area contributed by atoms with Crippen molar-refractivity contribution in [1.29, 1.82) is 0 Å². The van der Waals surface area contributed by atoms with Crippen LogP contribution < -0.4 is 15.7 Å². The summed E-state index contributed by atoms with van der Waals surface area (Å²) in [6.45, 7) is 0.948. The predicted molar refractivity (Wildman–Crippen MR) is 157 cm³/mol. The van der Waals surface area contributed by atoms with E-state index in [1.54, 1.807) is 0 Å². The predicted octanol–water partition coefficient (Wildman–Crippen LogP) is 5.70. The Balaban J connectivity index is 1.67. The number of amidine groups is 1. The molecule has 2 aliphatic carbocycles. The van der Waals surface area contributed by atoms with E-state index in [4.69, 9.17) is 4.99 Å². The van der Waals surface area contributed by atoms with Crippen molar-refractivity contribution in [3.8, 4) is 0 Å². The van der Waals surface area contributed by atoms with Crippen molar-refractivity contribution in [1.82, 2.24) is 10.2 Å². The van der Waals surface area contributed by atoms with Crippen molar-refractivity contribution in [2.75, 3.05) is 14.1 Å². The number of benzene rings is 3. The van der Waals surface area contributed by atoms with Crippen LogP contribution in [0.3, 0.4) is 0 Å². The second-order valence-corrected chi connectivity index (χ2v) is 13.4. The van der Waals surface area contributed by atoms with E-state index in [0.29, 0.717) is 12.1 Å². The molecule has 0 aromatic heterocycles. The van der Waals surface area contributed by atoms with Crippen molar-refractivity contribution in [2.45, 2.75) is 82.8 Å². The average Bonchev–Trinajstić information content (AvgIpc) is 2.90. The van der Waals surface area contributed by atoms with Gasteiger partial charge in [-0.25, -0.2) is 0 Å². The summed E-state index contributed by atoms with van der Waals surface area (Å²) in [7, 11) is 3.05. The minimum absolute atomic E-state index is 0.463. The van der Waals surface area contributed by atoms with Crippen LogP contribution in [-0.4, -0.2) is 45.3 Å². The molecule has 0 bridgehead atoms. The molecule has 0 amide bonds. The van der Waals surface area contributed by atoms with Crippen LogP contribution >= 0.6 is 0 Å². The van der Waals surface area contributed by atoms with Gasteiger partial charge in [-0.1, -0.05) is 105 Å². The zero-order valence-corrected chi connectivity index (χ0v) is 23.2. The van der Waals surface area contributed by atoms with Crippen molar-refractivity contribution in [3.05, 3.63) is 72.3 Å². The van der Waals surface area contributed by atoms with Crippen LogP contribution in [0.5, 0.6) is 0 Å². The Morgan fingerprint density at radius 2 is 1.47 bits per heavy atom. The van der Waals surface area contributed by atoms with Crippen LogP contribution in [0.15, 0.2) is 71.7 Å². The summed E-state index contributed by atoms with van der Waals surface area (Å²) in [4.78, 5) is 7.91. The lowest BCUT2D eigenvalue weighted by atomic mass is 9.95.